The highest BCUT2D eigenvalue weighted by Crippen LogP contribution is 2.06. The summed E-state index contributed by atoms with van der Waals surface area (Å²) in [6, 6.07) is 0. The second kappa shape index (κ2) is 47.5. The number of carboxylic acids is 1. The van der Waals surface area contributed by atoms with Crippen molar-refractivity contribution in [2.75, 3.05) is 125 Å². The number of thioether (sulfide) groups is 1. The fraction of sp³-hybridized carbons (Fsp3) is 0.844. The van der Waals surface area contributed by atoms with Gasteiger partial charge in [-0.1, -0.05) is 20.8 Å². The molecule has 0 saturated carbocycles. The monoisotopic (exact) mass is 767 g/mol. The number of carbonyl (C=O) groups is 5. The first-order valence-electron chi connectivity index (χ1n) is 16.2. The lowest BCUT2D eigenvalue weighted by atomic mass is 10.3. The van der Waals surface area contributed by atoms with Crippen molar-refractivity contribution >= 4 is 41.4 Å². The summed E-state index contributed by atoms with van der Waals surface area (Å²) < 4.78 is 35.8. The van der Waals surface area contributed by atoms with Crippen LogP contribution in [0.15, 0.2) is 0 Å². The van der Waals surface area contributed by atoms with Crippen molar-refractivity contribution in [1.82, 2.24) is 15.5 Å². The molecule has 0 aliphatic rings. The number of nitrogens with zero attached hydrogens (tertiary/aromatic N) is 1. The quantitative estimate of drug-likeness (QED) is 0.0423. The van der Waals surface area contributed by atoms with E-state index < -0.39 is 17.8 Å². The summed E-state index contributed by atoms with van der Waals surface area (Å²) in [4.78, 5) is 58.5. The number of rotatable bonds is 31. The van der Waals surface area contributed by atoms with Gasteiger partial charge in [0.15, 0.2) is 0 Å². The van der Waals surface area contributed by atoms with Gasteiger partial charge >= 0.3 is 11.9 Å². The van der Waals surface area contributed by atoms with Crippen LogP contribution < -0.4 is 10.6 Å². The number of hydrogen-bond acceptors (Lipinski definition) is 15. The Labute approximate surface area is 309 Å². The van der Waals surface area contributed by atoms with Crippen LogP contribution >= 0.6 is 11.8 Å². The largest absolute Gasteiger partial charge is 0.481 e. The molecule has 0 fully saturated rings. The van der Waals surface area contributed by atoms with E-state index in [0.29, 0.717) is 64.5 Å². The minimum Gasteiger partial charge on any atom is -0.481 e. The molecule has 51 heavy (non-hydrogen) atoms. The molecule has 0 atom stereocenters. The van der Waals surface area contributed by atoms with E-state index in [1.807, 2.05) is 7.05 Å². The summed E-state index contributed by atoms with van der Waals surface area (Å²) in [5.74, 6) is -1.35. The van der Waals surface area contributed by atoms with Crippen LogP contribution in [0.3, 0.4) is 0 Å². The van der Waals surface area contributed by atoms with Gasteiger partial charge in [0, 0.05) is 59.5 Å². The Morgan fingerprint density at radius 2 is 1.33 bits per heavy atom. The summed E-state index contributed by atoms with van der Waals surface area (Å²) in [6.45, 7) is 8.09. The predicted octanol–water partition coefficient (Wildman–Crippen LogP) is 0.368. The van der Waals surface area contributed by atoms with E-state index >= 15 is 0 Å². The minimum atomic E-state index is -0.903. The Balaban J connectivity index is -0.000000357. The maximum Gasteiger partial charge on any atom is 0.331 e. The number of aliphatic hydroxyl groups excluding tert-OH is 1. The molecule has 0 unspecified atom stereocenters. The van der Waals surface area contributed by atoms with Crippen molar-refractivity contribution in [3.63, 3.8) is 0 Å². The molecule has 0 aromatic heterocycles. The molecule has 0 aromatic rings. The van der Waals surface area contributed by atoms with Gasteiger partial charge in [-0.15, -0.1) is 0 Å². The number of carbonyl (C=O) groups excluding carboxylic acids is 4. The van der Waals surface area contributed by atoms with Crippen molar-refractivity contribution in [2.45, 2.75) is 53.4 Å². The molecule has 0 spiro atoms. The summed E-state index contributed by atoms with van der Waals surface area (Å²) >= 11 is 1.46. The highest BCUT2D eigenvalue weighted by molar-refractivity contribution is 7.99. The van der Waals surface area contributed by atoms with Crippen LogP contribution in [0, 0.1) is 0 Å². The number of unbranched alkanes of at least 4 members (excludes halogenated alkanes) is 1. The molecule has 0 saturated heterocycles. The first-order valence-corrected chi connectivity index (χ1v) is 17.3. The van der Waals surface area contributed by atoms with Crippen LogP contribution in [0.1, 0.15) is 54.8 Å². The normalized spacial score (nSPS) is 9.84. The third-order valence-corrected chi connectivity index (χ3v) is 6.51. The number of amides is 3. The van der Waals surface area contributed by atoms with Crippen molar-refractivity contribution in [3.05, 3.63) is 0 Å². The lowest BCUT2D eigenvalue weighted by Gasteiger charge is -2.19. The topological polar surface area (TPSA) is 249 Å². The molecule has 0 rings (SSSR count). The lowest BCUT2D eigenvalue weighted by molar-refractivity contribution is -0.146. The Morgan fingerprint density at radius 3 is 1.84 bits per heavy atom. The van der Waals surface area contributed by atoms with Crippen LogP contribution in [0.4, 0.5) is 0 Å². The van der Waals surface area contributed by atoms with E-state index in [-0.39, 0.29) is 78.3 Å². The van der Waals surface area contributed by atoms with Crippen LogP contribution in [0.25, 0.3) is 0 Å². The second-order valence-electron chi connectivity index (χ2n) is 9.51. The molecular formula is C32H69N3O15S. The molecule has 0 bridgehead atoms. The molecule has 0 radical (unpaired) electrons. The highest BCUT2D eigenvalue weighted by Gasteiger charge is 2.18. The van der Waals surface area contributed by atoms with E-state index in [1.54, 1.807) is 0 Å². The molecule has 0 heterocycles. The molecular weight excluding hydrogens is 698 g/mol. The third-order valence-electron chi connectivity index (χ3n) is 5.56. The van der Waals surface area contributed by atoms with E-state index in [9.17, 15) is 24.0 Å². The van der Waals surface area contributed by atoms with Crippen molar-refractivity contribution in [3.8, 4) is 0 Å². The molecule has 18 nitrogen and oxygen atoms in total. The Kier molecular flexibility index (Phi) is 53.9. The average Bonchev–Trinajstić information content (AvgIpc) is 3.08. The summed E-state index contributed by atoms with van der Waals surface area (Å²) in [5, 5.41) is 21.1. The lowest BCUT2D eigenvalue weighted by Crippen LogP contribution is -2.39. The predicted molar refractivity (Wildman–Crippen MR) is 196 cm³/mol. The van der Waals surface area contributed by atoms with Gasteiger partial charge < -0.3 is 54.2 Å². The number of aliphatic hydroxyl groups is 1. The first kappa shape index (κ1) is 57.9. The molecule has 3 amide bonds. The number of esters is 1. The molecule has 6 N–H and O–H groups in total. The maximum absolute atomic E-state index is 12.3. The van der Waals surface area contributed by atoms with Crippen LogP contribution in [0.2, 0.25) is 0 Å². The number of ether oxygens (including phenoxy) is 7. The zero-order valence-corrected chi connectivity index (χ0v) is 31.3. The Morgan fingerprint density at radius 1 is 0.765 bits per heavy atom. The van der Waals surface area contributed by atoms with Gasteiger partial charge in [-0.2, -0.15) is 11.8 Å². The van der Waals surface area contributed by atoms with Gasteiger partial charge in [-0.3, -0.25) is 29.4 Å². The van der Waals surface area contributed by atoms with Gasteiger partial charge in [-0.25, -0.2) is 4.79 Å². The van der Waals surface area contributed by atoms with E-state index in [2.05, 4.69) is 22.3 Å². The van der Waals surface area contributed by atoms with E-state index in [4.69, 9.17) is 38.6 Å². The average molecular weight is 768 g/mol. The maximum atomic E-state index is 12.3. The van der Waals surface area contributed by atoms with Crippen LogP contribution in [-0.2, 0) is 57.1 Å². The number of aliphatic carboxylic acids is 1. The van der Waals surface area contributed by atoms with Gasteiger partial charge in [0.05, 0.1) is 79.7 Å². The number of hydrogen-bond donors (Lipinski definition) is 4. The number of methoxy groups -OCH3 is 1. The van der Waals surface area contributed by atoms with E-state index in [0.717, 1.165) is 18.6 Å². The fourth-order valence-electron chi connectivity index (χ4n) is 3.09. The highest BCUT2D eigenvalue weighted by atomic mass is 32.2. The van der Waals surface area contributed by atoms with Gasteiger partial charge in [0.2, 0.25) is 17.7 Å². The Hall–Kier alpha value is -2.46. The minimum absolute atomic E-state index is 0. The fourth-order valence-corrected chi connectivity index (χ4v) is 3.85. The van der Waals surface area contributed by atoms with Crippen LogP contribution in [-0.4, -0.2) is 176 Å². The number of imide groups is 1. The van der Waals surface area contributed by atoms with Crippen molar-refractivity contribution in [1.29, 1.82) is 0 Å². The SMILES string of the molecule is C.CCCCOCNC.CO.COC(=O)COCCSCCC(=O)N(CCC(=O)NCCOCCOCCOCCOCCC(=O)O)C(C)=O.O.[HH]. The standard InChI is InChI=1S/C24H42N2O12S.C6H15NO.CH4O.CH4.H2O.H2/c1-20(27)26(22(29)5-17-39-18-16-38-19-24(32)33-2)7-3-21(28)25-6-9-35-11-13-37-15-14-36-12-10-34-8-4-23(30)31;1-3-4-5-8-6-7-2;1-2;;;/h3-19H2,1-2H3,(H,25,28)(H,30,31);7H,3-6H2,1-2H3;2H,1H3;1H4;1H2;1H. The van der Waals surface area contributed by atoms with Gasteiger partial charge in [0.1, 0.15) is 6.61 Å². The summed E-state index contributed by atoms with van der Waals surface area (Å²) in [6.07, 6.45) is 2.49. The number of nitrogens with one attached hydrogen (secondary N) is 2. The van der Waals surface area contributed by atoms with E-state index in [1.165, 1.54) is 38.6 Å². The van der Waals surface area contributed by atoms with Crippen molar-refractivity contribution in [2.24, 2.45) is 0 Å². The first-order chi connectivity index (χ1) is 23.7. The summed E-state index contributed by atoms with van der Waals surface area (Å²) in [5.41, 5.74) is 0. The zero-order valence-electron chi connectivity index (χ0n) is 30.5. The number of carboxylic acid groups (broad SMARTS) is 1. The molecule has 0 aromatic carbocycles. The summed E-state index contributed by atoms with van der Waals surface area (Å²) in [7, 11) is 4.16. The van der Waals surface area contributed by atoms with Gasteiger partial charge in [0.25, 0.3) is 0 Å². The molecule has 0 aliphatic heterocycles. The molecule has 0 aliphatic carbocycles. The Bertz CT molecular complexity index is 815. The third kappa shape index (κ3) is 47.5. The zero-order chi connectivity index (χ0) is 37.4. The smallest absolute Gasteiger partial charge is 0.331 e. The molecule has 308 valence electrons. The second-order valence-corrected chi connectivity index (χ2v) is 10.7. The van der Waals surface area contributed by atoms with Crippen LogP contribution in [0.5, 0.6) is 0 Å². The molecule has 19 heteroatoms. The van der Waals surface area contributed by atoms with Crippen molar-refractivity contribution < 1.29 is 74.2 Å². The van der Waals surface area contributed by atoms with Gasteiger partial charge in [-0.05, 0) is 13.5 Å².